The standard InChI is InChI=1S/C13H11NO/c15-10-4-3-6-12-9-8-11-5-1-2-7-13(11)14-12/h1-3,5-10H,4H2. The zero-order valence-electron chi connectivity index (χ0n) is 8.26. The number of carbonyl (C=O) groups excluding carboxylic acids is 1. The van der Waals surface area contributed by atoms with Crippen molar-refractivity contribution in [2.24, 2.45) is 0 Å². The normalized spacial score (nSPS) is 10.9. The molecule has 0 unspecified atom stereocenters. The van der Waals surface area contributed by atoms with Crippen molar-refractivity contribution in [3.8, 4) is 0 Å². The number of para-hydroxylation sites is 1. The number of allylic oxidation sites excluding steroid dienone is 1. The molecule has 0 N–H and O–H groups in total. The maximum atomic E-state index is 10.1. The first-order valence-corrected chi connectivity index (χ1v) is 4.86. The Kier molecular flexibility index (Phi) is 2.88. The Morgan fingerprint density at radius 1 is 1.13 bits per heavy atom. The van der Waals surface area contributed by atoms with Crippen molar-refractivity contribution in [3.63, 3.8) is 0 Å². The fourth-order valence-electron chi connectivity index (χ4n) is 1.42. The molecule has 1 aromatic carbocycles. The predicted octanol–water partition coefficient (Wildman–Crippen LogP) is 2.84. The number of benzene rings is 1. The largest absolute Gasteiger partial charge is 0.303 e. The van der Waals surface area contributed by atoms with Crippen LogP contribution >= 0.6 is 0 Å². The lowest BCUT2D eigenvalue weighted by molar-refractivity contribution is -0.107. The average Bonchev–Trinajstić information content (AvgIpc) is 2.29. The van der Waals surface area contributed by atoms with Crippen LogP contribution in [0.25, 0.3) is 17.0 Å². The van der Waals surface area contributed by atoms with Crippen molar-refractivity contribution in [3.05, 3.63) is 48.2 Å². The van der Waals surface area contributed by atoms with Gasteiger partial charge in [-0.2, -0.15) is 0 Å². The molecule has 0 radical (unpaired) electrons. The number of pyridine rings is 1. The van der Waals surface area contributed by atoms with Crippen LogP contribution in [0, 0.1) is 0 Å². The Morgan fingerprint density at radius 3 is 2.87 bits per heavy atom. The van der Waals surface area contributed by atoms with Gasteiger partial charge in [0.05, 0.1) is 11.2 Å². The van der Waals surface area contributed by atoms with E-state index >= 15 is 0 Å². The van der Waals surface area contributed by atoms with Crippen LogP contribution in [-0.4, -0.2) is 11.3 Å². The van der Waals surface area contributed by atoms with Gasteiger partial charge in [0, 0.05) is 11.8 Å². The third-order valence-electron chi connectivity index (χ3n) is 2.14. The molecular formula is C13H11NO. The van der Waals surface area contributed by atoms with Crippen LogP contribution < -0.4 is 0 Å². The van der Waals surface area contributed by atoms with Gasteiger partial charge in [0.15, 0.2) is 0 Å². The van der Waals surface area contributed by atoms with E-state index in [4.69, 9.17) is 0 Å². The van der Waals surface area contributed by atoms with Crippen molar-refractivity contribution in [2.45, 2.75) is 6.42 Å². The van der Waals surface area contributed by atoms with Gasteiger partial charge in [-0.1, -0.05) is 30.3 Å². The highest BCUT2D eigenvalue weighted by Gasteiger charge is 1.93. The van der Waals surface area contributed by atoms with Gasteiger partial charge in [-0.05, 0) is 18.2 Å². The summed E-state index contributed by atoms with van der Waals surface area (Å²) in [6.07, 6.45) is 4.98. The van der Waals surface area contributed by atoms with E-state index in [1.54, 1.807) is 0 Å². The first-order chi connectivity index (χ1) is 7.40. The van der Waals surface area contributed by atoms with E-state index in [9.17, 15) is 4.79 Å². The molecule has 0 aliphatic rings. The van der Waals surface area contributed by atoms with E-state index in [-0.39, 0.29) is 0 Å². The number of rotatable bonds is 3. The number of nitrogens with zero attached hydrogens (tertiary/aromatic N) is 1. The third-order valence-corrected chi connectivity index (χ3v) is 2.14. The molecule has 2 nitrogen and oxygen atoms in total. The molecule has 0 bridgehead atoms. The zero-order chi connectivity index (χ0) is 10.5. The van der Waals surface area contributed by atoms with Crippen molar-refractivity contribution in [2.75, 3.05) is 0 Å². The number of hydrogen-bond acceptors (Lipinski definition) is 2. The highest BCUT2D eigenvalue weighted by Crippen LogP contribution is 2.12. The molecule has 2 heteroatoms. The topological polar surface area (TPSA) is 30.0 Å². The highest BCUT2D eigenvalue weighted by atomic mass is 16.1. The smallest absolute Gasteiger partial charge is 0.123 e. The van der Waals surface area contributed by atoms with E-state index in [1.807, 2.05) is 48.6 Å². The molecule has 0 aliphatic carbocycles. The first kappa shape index (κ1) is 9.59. The second kappa shape index (κ2) is 4.51. The van der Waals surface area contributed by atoms with E-state index in [0.717, 1.165) is 22.9 Å². The monoisotopic (exact) mass is 197 g/mol. The Balaban J connectivity index is 2.34. The first-order valence-electron chi connectivity index (χ1n) is 4.86. The molecule has 1 heterocycles. The van der Waals surface area contributed by atoms with Crippen LogP contribution in [0.3, 0.4) is 0 Å². The second-order valence-electron chi connectivity index (χ2n) is 3.23. The minimum atomic E-state index is 0.439. The molecule has 1 aromatic heterocycles. The van der Waals surface area contributed by atoms with Gasteiger partial charge >= 0.3 is 0 Å². The highest BCUT2D eigenvalue weighted by molar-refractivity contribution is 5.79. The van der Waals surface area contributed by atoms with Gasteiger partial charge in [-0.3, -0.25) is 0 Å². The van der Waals surface area contributed by atoms with E-state index in [2.05, 4.69) is 4.98 Å². The summed E-state index contributed by atoms with van der Waals surface area (Å²) in [6, 6.07) is 11.9. The van der Waals surface area contributed by atoms with E-state index < -0.39 is 0 Å². The minimum absolute atomic E-state index is 0.439. The lowest BCUT2D eigenvalue weighted by atomic mass is 10.2. The van der Waals surface area contributed by atoms with Crippen molar-refractivity contribution in [1.29, 1.82) is 0 Å². The van der Waals surface area contributed by atoms with Gasteiger partial charge in [-0.25, -0.2) is 4.98 Å². The van der Waals surface area contributed by atoms with Crippen molar-refractivity contribution < 1.29 is 4.79 Å². The maximum absolute atomic E-state index is 10.1. The molecule has 0 fully saturated rings. The molecule has 2 aromatic rings. The van der Waals surface area contributed by atoms with Gasteiger partial charge in [0.25, 0.3) is 0 Å². The fraction of sp³-hybridized carbons (Fsp3) is 0.0769. The van der Waals surface area contributed by atoms with Crippen LogP contribution in [0.5, 0.6) is 0 Å². The van der Waals surface area contributed by atoms with E-state index in [0.29, 0.717) is 6.42 Å². The number of aldehydes is 1. The lowest BCUT2D eigenvalue weighted by Gasteiger charge is -1.97. The van der Waals surface area contributed by atoms with Gasteiger partial charge in [0.2, 0.25) is 0 Å². The van der Waals surface area contributed by atoms with Crippen molar-refractivity contribution in [1.82, 2.24) is 4.98 Å². The molecule has 0 saturated carbocycles. The van der Waals surface area contributed by atoms with Gasteiger partial charge in [-0.15, -0.1) is 0 Å². The van der Waals surface area contributed by atoms with Crippen LogP contribution in [0.1, 0.15) is 12.1 Å². The molecule has 15 heavy (non-hydrogen) atoms. The number of hydrogen-bond donors (Lipinski definition) is 0. The van der Waals surface area contributed by atoms with Crippen LogP contribution in [-0.2, 0) is 4.79 Å². The number of fused-ring (bicyclic) bond motifs is 1. The number of aromatic nitrogens is 1. The minimum Gasteiger partial charge on any atom is -0.303 e. The summed E-state index contributed by atoms with van der Waals surface area (Å²) in [5.74, 6) is 0. The predicted molar refractivity (Wildman–Crippen MR) is 61.5 cm³/mol. The lowest BCUT2D eigenvalue weighted by Crippen LogP contribution is -1.82. The maximum Gasteiger partial charge on any atom is 0.123 e. The Morgan fingerprint density at radius 2 is 2.00 bits per heavy atom. The SMILES string of the molecule is O=CCC=Cc1ccc2ccccc2n1. The summed E-state index contributed by atoms with van der Waals surface area (Å²) in [6.45, 7) is 0. The molecule has 0 saturated heterocycles. The third kappa shape index (κ3) is 2.29. The molecule has 0 amide bonds. The van der Waals surface area contributed by atoms with Gasteiger partial charge in [0.1, 0.15) is 6.29 Å². The summed E-state index contributed by atoms with van der Waals surface area (Å²) in [5.41, 5.74) is 1.86. The molecule has 74 valence electrons. The van der Waals surface area contributed by atoms with Crippen LogP contribution in [0.15, 0.2) is 42.5 Å². The molecular weight excluding hydrogens is 186 g/mol. The summed E-state index contributed by atoms with van der Waals surface area (Å²) >= 11 is 0. The summed E-state index contributed by atoms with van der Waals surface area (Å²) < 4.78 is 0. The molecule has 0 spiro atoms. The summed E-state index contributed by atoms with van der Waals surface area (Å²) in [4.78, 5) is 14.6. The molecule has 2 rings (SSSR count). The summed E-state index contributed by atoms with van der Waals surface area (Å²) in [7, 11) is 0. The Labute approximate surface area is 88.3 Å². The van der Waals surface area contributed by atoms with Gasteiger partial charge < -0.3 is 4.79 Å². The quantitative estimate of drug-likeness (QED) is 0.708. The second-order valence-corrected chi connectivity index (χ2v) is 3.23. The molecule has 0 aliphatic heterocycles. The summed E-state index contributed by atoms with van der Waals surface area (Å²) in [5, 5.41) is 1.13. The fourth-order valence-corrected chi connectivity index (χ4v) is 1.42. The van der Waals surface area contributed by atoms with Crippen LogP contribution in [0.2, 0.25) is 0 Å². The zero-order valence-corrected chi connectivity index (χ0v) is 8.26. The Hall–Kier alpha value is -1.96. The number of carbonyl (C=O) groups is 1. The molecule has 0 atom stereocenters. The Bertz CT molecular complexity index is 503. The van der Waals surface area contributed by atoms with Crippen LogP contribution in [0.4, 0.5) is 0 Å². The van der Waals surface area contributed by atoms with E-state index in [1.165, 1.54) is 0 Å². The van der Waals surface area contributed by atoms with Crippen molar-refractivity contribution >= 4 is 23.3 Å². The average molecular weight is 197 g/mol.